The lowest BCUT2D eigenvalue weighted by Gasteiger charge is -2.06. The van der Waals surface area contributed by atoms with Gasteiger partial charge in [0.25, 0.3) is 5.91 Å². The topological polar surface area (TPSA) is 130 Å². The Morgan fingerprint density at radius 3 is 2.48 bits per heavy atom. The Kier molecular flexibility index (Phi) is 4.98. The summed E-state index contributed by atoms with van der Waals surface area (Å²) in [4.78, 5) is 15.9. The van der Waals surface area contributed by atoms with Crippen LogP contribution in [0.4, 0.5) is 5.82 Å². The average Bonchev–Trinajstić information content (AvgIpc) is 3.38. The molecule has 0 atom stereocenters. The van der Waals surface area contributed by atoms with Crippen LogP contribution >= 0.6 is 0 Å². The highest BCUT2D eigenvalue weighted by atomic mass is 16.3. The lowest BCUT2D eigenvalue weighted by Crippen LogP contribution is -2.15. The molecule has 0 saturated carbocycles. The second-order valence-corrected chi connectivity index (χ2v) is 6.55. The first-order valence-corrected chi connectivity index (χ1v) is 8.97. The third-order valence-corrected chi connectivity index (χ3v) is 4.54. The molecule has 0 unspecified atom stereocenters. The van der Waals surface area contributed by atoms with Crippen LogP contribution in [0.2, 0.25) is 0 Å². The van der Waals surface area contributed by atoms with Crippen LogP contribution in [0.1, 0.15) is 27.2 Å². The van der Waals surface area contributed by atoms with Crippen molar-refractivity contribution in [1.29, 1.82) is 0 Å². The molecule has 0 radical (unpaired) electrons. The molecule has 0 aliphatic heterocycles. The third-order valence-electron chi connectivity index (χ3n) is 4.54. The summed E-state index contributed by atoms with van der Waals surface area (Å²) in [5, 5.41) is 19.6. The number of carbonyl (C=O) groups is 1. The van der Waals surface area contributed by atoms with Gasteiger partial charge in [-0.3, -0.25) is 9.89 Å². The molecule has 4 rings (SSSR count). The molecule has 29 heavy (non-hydrogen) atoms. The molecule has 0 aliphatic carbocycles. The Labute approximate surface area is 166 Å². The highest BCUT2D eigenvalue weighted by Gasteiger charge is 2.18. The Morgan fingerprint density at radius 2 is 1.83 bits per heavy atom. The van der Waals surface area contributed by atoms with Gasteiger partial charge in [0, 0.05) is 18.5 Å². The molecule has 1 amide bonds. The van der Waals surface area contributed by atoms with Crippen LogP contribution in [-0.2, 0) is 13.0 Å². The van der Waals surface area contributed by atoms with E-state index in [1.165, 1.54) is 6.39 Å². The van der Waals surface area contributed by atoms with E-state index in [-0.39, 0.29) is 5.75 Å². The number of benzene rings is 2. The van der Waals surface area contributed by atoms with Crippen molar-refractivity contribution < 1.29 is 14.3 Å². The first kappa shape index (κ1) is 18.3. The zero-order valence-corrected chi connectivity index (χ0v) is 15.4. The van der Waals surface area contributed by atoms with E-state index in [4.69, 9.17) is 10.2 Å². The number of rotatable bonds is 7. The largest absolute Gasteiger partial charge is 0.508 e. The number of aromatic amines is 1. The molecule has 2 aromatic carbocycles. The highest BCUT2D eigenvalue weighted by molar-refractivity contribution is 5.99. The molecule has 146 valence electrons. The fourth-order valence-electron chi connectivity index (χ4n) is 3.05. The van der Waals surface area contributed by atoms with E-state index in [0.29, 0.717) is 35.8 Å². The van der Waals surface area contributed by atoms with Gasteiger partial charge < -0.3 is 20.6 Å². The Balaban J connectivity index is 1.50. The number of H-pyrrole nitrogens is 1. The Morgan fingerprint density at radius 1 is 1.10 bits per heavy atom. The number of hydrogen-bond donors (Lipinski definition) is 4. The molecular formula is C21H19N5O3. The van der Waals surface area contributed by atoms with E-state index in [9.17, 15) is 9.90 Å². The van der Waals surface area contributed by atoms with Gasteiger partial charge >= 0.3 is 0 Å². The zero-order valence-electron chi connectivity index (χ0n) is 15.4. The number of oxazole rings is 1. The standard InChI is InChI=1S/C21H19N5O3/c22-20(28)19-17(9-13-1-5-15(6-2-13)18-11-23-12-29-18)25-26-21(19)24-10-14-3-7-16(27)8-4-14/h1-8,11-12,27H,9-10H2,(H2,22,28)(H2,24,25,26). The summed E-state index contributed by atoms with van der Waals surface area (Å²) in [5.74, 6) is 0.735. The molecule has 2 aromatic heterocycles. The molecular weight excluding hydrogens is 370 g/mol. The van der Waals surface area contributed by atoms with Gasteiger partial charge in [0.15, 0.2) is 18.0 Å². The number of hydrogen-bond acceptors (Lipinski definition) is 6. The number of aromatic hydroxyl groups is 1. The number of amides is 1. The van der Waals surface area contributed by atoms with E-state index in [0.717, 1.165) is 16.7 Å². The van der Waals surface area contributed by atoms with Gasteiger partial charge in [0.2, 0.25) is 0 Å². The van der Waals surface area contributed by atoms with Crippen molar-refractivity contribution in [2.24, 2.45) is 5.73 Å². The molecule has 5 N–H and O–H groups in total. The number of carbonyl (C=O) groups excluding carboxylic acids is 1. The number of phenolic OH excluding ortho intramolecular Hbond substituents is 1. The van der Waals surface area contributed by atoms with Crippen LogP contribution in [0.5, 0.6) is 5.75 Å². The van der Waals surface area contributed by atoms with Gasteiger partial charge in [-0.15, -0.1) is 0 Å². The maximum absolute atomic E-state index is 12.0. The fourth-order valence-corrected chi connectivity index (χ4v) is 3.05. The maximum Gasteiger partial charge on any atom is 0.254 e. The molecule has 8 heteroatoms. The molecule has 2 heterocycles. The van der Waals surface area contributed by atoms with Crippen molar-refractivity contribution in [1.82, 2.24) is 15.2 Å². The van der Waals surface area contributed by atoms with Gasteiger partial charge in [0.05, 0.1) is 11.9 Å². The predicted octanol–water partition coefficient (Wildman–Crippen LogP) is 3.07. The smallest absolute Gasteiger partial charge is 0.254 e. The van der Waals surface area contributed by atoms with Crippen molar-refractivity contribution in [2.45, 2.75) is 13.0 Å². The predicted molar refractivity (Wildman–Crippen MR) is 107 cm³/mol. The summed E-state index contributed by atoms with van der Waals surface area (Å²) in [6.07, 6.45) is 3.52. The first-order chi connectivity index (χ1) is 14.1. The lowest BCUT2D eigenvalue weighted by atomic mass is 10.0. The fraction of sp³-hybridized carbons (Fsp3) is 0.0952. The van der Waals surface area contributed by atoms with Crippen LogP contribution in [0.3, 0.4) is 0 Å². The molecule has 4 aromatic rings. The van der Waals surface area contributed by atoms with E-state index < -0.39 is 5.91 Å². The summed E-state index contributed by atoms with van der Waals surface area (Å²) in [5.41, 5.74) is 9.42. The summed E-state index contributed by atoms with van der Waals surface area (Å²) >= 11 is 0. The second kappa shape index (κ2) is 7.89. The molecule has 0 spiro atoms. The van der Waals surface area contributed by atoms with Crippen LogP contribution in [-0.4, -0.2) is 26.2 Å². The molecule has 0 fully saturated rings. The molecule has 0 saturated heterocycles. The summed E-state index contributed by atoms with van der Waals surface area (Å²) in [6.45, 7) is 0.441. The lowest BCUT2D eigenvalue weighted by molar-refractivity contribution is 0.100. The van der Waals surface area contributed by atoms with Gasteiger partial charge in [-0.1, -0.05) is 36.4 Å². The van der Waals surface area contributed by atoms with Gasteiger partial charge in [-0.2, -0.15) is 5.10 Å². The minimum atomic E-state index is -0.555. The zero-order chi connectivity index (χ0) is 20.2. The molecule has 0 aliphatic rings. The van der Waals surface area contributed by atoms with Crippen molar-refractivity contribution >= 4 is 11.7 Å². The minimum absolute atomic E-state index is 0.197. The van der Waals surface area contributed by atoms with Gasteiger partial charge in [-0.25, -0.2) is 4.98 Å². The van der Waals surface area contributed by atoms with Crippen LogP contribution in [0.25, 0.3) is 11.3 Å². The molecule has 8 nitrogen and oxygen atoms in total. The number of anilines is 1. The van der Waals surface area contributed by atoms with Crippen molar-refractivity contribution in [3.8, 4) is 17.1 Å². The van der Waals surface area contributed by atoms with Gasteiger partial charge in [-0.05, 0) is 23.3 Å². The number of primary amides is 1. The number of nitrogens with zero attached hydrogens (tertiary/aromatic N) is 2. The third kappa shape index (κ3) is 4.11. The van der Waals surface area contributed by atoms with Crippen molar-refractivity contribution in [3.05, 3.63) is 83.5 Å². The van der Waals surface area contributed by atoms with Crippen LogP contribution in [0.15, 0.2) is 65.5 Å². The maximum atomic E-state index is 12.0. The minimum Gasteiger partial charge on any atom is -0.508 e. The number of aromatic nitrogens is 3. The average molecular weight is 389 g/mol. The van der Waals surface area contributed by atoms with E-state index in [1.54, 1.807) is 30.5 Å². The van der Waals surface area contributed by atoms with E-state index >= 15 is 0 Å². The van der Waals surface area contributed by atoms with Crippen LogP contribution < -0.4 is 11.1 Å². The molecule has 0 bridgehead atoms. The first-order valence-electron chi connectivity index (χ1n) is 8.97. The monoisotopic (exact) mass is 389 g/mol. The Hall–Kier alpha value is -4.07. The van der Waals surface area contributed by atoms with Crippen LogP contribution in [0, 0.1) is 0 Å². The number of phenols is 1. The summed E-state index contributed by atoms with van der Waals surface area (Å²) in [6, 6.07) is 14.5. The van der Waals surface area contributed by atoms with Crippen molar-refractivity contribution in [3.63, 3.8) is 0 Å². The quantitative estimate of drug-likeness (QED) is 0.384. The van der Waals surface area contributed by atoms with Gasteiger partial charge in [0.1, 0.15) is 11.3 Å². The van der Waals surface area contributed by atoms with E-state index in [2.05, 4.69) is 20.5 Å². The summed E-state index contributed by atoms with van der Waals surface area (Å²) in [7, 11) is 0. The second-order valence-electron chi connectivity index (χ2n) is 6.55. The number of nitrogens with two attached hydrogens (primary N) is 1. The van der Waals surface area contributed by atoms with E-state index in [1.807, 2.05) is 24.3 Å². The Bertz CT molecular complexity index is 1100. The summed E-state index contributed by atoms with van der Waals surface area (Å²) < 4.78 is 5.29. The normalized spacial score (nSPS) is 10.8. The SMILES string of the molecule is NC(=O)c1c(NCc2ccc(O)cc2)n[nH]c1Cc1ccc(-c2cnco2)cc1. The number of nitrogens with one attached hydrogen (secondary N) is 2. The highest BCUT2D eigenvalue weighted by Crippen LogP contribution is 2.23. The van der Waals surface area contributed by atoms with Crippen molar-refractivity contribution in [2.75, 3.05) is 5.32 Å².